The molecule has 2 amide bonds. The third-order valence-electron chi connectivity index (χ3n) is 6.39. The van der Waals surface area contributed by atoms with Crippen LogP contribution in [0.5, 0.6) is 11.5 Å². The number of hydrogen-bond acceptors (Lipinski definition) is 7. The van der Waals surface area contributed by atoms with Crippen molar-refractivity contribution in [2.24, 2.45) is 7.05 Å². The molecule has 10 nitrogen and oxygen atoms in total. The van der Waals surface area contributed by atoms with Crippen molar-refractivity contribution < 1.29 is 23.8 Å². The van der Waals surface area contributed by atoms with E-state index in [9.17, 15) is 14.9 Å². The monoisotopic (exact) mass is 515 g/mol. The lowest BCUT2D eigenvalue weighted by atomic mass is 9.98. The van der Waals surface area contributed by atoms with Gasteiger partial charge in [-0.25, -0.2) is 9.78 Å². The average Bonchev–Trinajstić information content (AvgIpc) is 3.23. The van der Waals surface area contributed by atoms with Crippen molar-refractivity contribution >= 4 is 17.7 Å². The van der Waals surface area contributed by atoms with E-state index in [0.717, 1.165) is 11.3 Å². The molecule has 3 heterocycles. The summed E-state index contributed by atoms with van der Waals surface area (Å²) in [5, 5.41) is 12.9. The Morgan fingerprint density at radius 2 is 1.89 bits per heavy atom. The van der Waals surface area contributed by atoms with Gasteiger partial charge in [0.2, 0.25) is 0 Å². The number of aromatic nitrogens is 2. The fraction of sp³-hybridized carbons (Fsp3) is 0.357. The maximum Gasteiger partial charge on any atom is 0.410 e. The molecule has 2 aliphatic rings. The quantitative estimate of drug-likeness (QED) is 0.553. The Labute approximate surface area is 220 Å². The number of carbonyl (C=O) groups excluding carboxylic acids is 2. The Morgan fingerprint density at radius 3 is 2.63 bits per heavy atom. The lowest BCUT2D eigenvalue weighted by Crippen LogP contribution is -2.40. The van der Waals surface area contributed by atoms with E-state index >= 15 is 0 Å². The van der Waals surface area contributed by atoms with E-state index in [1.807, 2.05) is 45.0 Å². The van der Waals surface area contributed by atoms with Crippen molar-refractivity contribution in [3.05, 3.63) is 59.2 Å². The first-order chi connectivity index (χ1) is 18.1. The average molecular weight is 516 g/mol. The van der Waals surface area contributed by atoms with Gasteiger partial charge in [0, 0.05) is 31.3 Å². The number of nitrogens with zero attached hydrogens (tertiary/aromatic N) is 4. The number of nitrogens with one attached hydrogen (secondary N) is 1. The number of rotatable bonds is 3. The summed E-state index contributed by atoms with van der Waals surface area (Å²) in [6.45, 7) is 7.15. The molecule has 0 saturated heterocycles. The lowest BCUT2D eigenvalue weighted by Gasteiger charge is -2.29. The smallest absolute Gasteiger partial charge is 0.410 e. The molecular formula is C28H29N5O5. The first kappa shape index (κ1) is 25.1. The van der Waals surface area contributed by atoms with Gasteiger partial charge in [0.1, 0.15) is 24.9 Å². The minimum atomic E-state index is -0.598. The van der Waals surface area contributed by atoms with E-state index in [1.165, 1.54) is 0 Å². The molecule has 38 heavy (non-hydrogen) atoms. The number of fused-ring (bicyclic) bond motifs is 2. The summed E-state index contributed by atoms with van der Waals surface area (Å²) < 4.78 is 18.5. The minimum Gasteiger partial charge on any atom is -0.486 e. The summed E-state index contributed by atoms with van der Waals surface area (Å²) in [7, 11) is 1.78. The van der Waals surface area contributed by atoms with E-state index in [-0.39, 0.29) is 12.4 Å². The van der Waals surface area contributed by atoms with Gasteiger partial charge in [-0.05, 0) is 44.5 Å². The topological polar surface area (TPSA) is 119 Å². The van der Waals surface area contributed by atoms with E-state index < -0.39 is 17.6 Å². The summed E-state index contributed by atoms with van der Waals surface area (Å²) in [6.07, 6.45) is 0.142. The molecule has 0 spiro atoms. The number of benzene rings is 2. The van der Waals surface area contributed by atoms with Crippen molar-refractivity contribution in [1.82, 2.24) is 14.5 Å². The zero-order valence-corrected chi connectivity index (χ0v) is 21.8. The van der Waals surface area contributed by atoms with Crippen LogP contribution >= 0.6 is 0 Å². The number of anilines is 1. The van der Waals surface area contributed by atoms with Gasteiger partial charge in [0.25, 0.3) is 5.91 Å². The molecule has 10 heteroatoms. The molecule has 196 valence electrons. The van der Waals surface area contributed by atoms with Gasteiger partial charge in [0.15, 0.2) is 17.3 Å². The normalized spacial score (nSPS) is 14.3. The van der Waals surface area contributed by atoms with E-state index in [2.05, 4.69) is 16.4 Å². The first-order valence-corrected chi connectivity index (χ1v) is 12.4. The van der Waals surface area contributed by atoms with Crippen LogP contribution in [0.15, 0.2) is 36.4 Å². The molecule has 3 aromatic rings. The summed E-state index contributed by atoms with van der Waals surface area (Å²) in [5.74, 6) is 1.04. The Kier molecular flexibility index (Phi) is 6.45. The molecule has 2 aliphatic heterocycles. The van der Waals surface area contributed by atoms with Crippen molar-refractivity contribution in [1.29, 1.82) is 5.26 Å². The van der Waals surface area contributed by atoms with Crippen molar-refractivity contribution in [3.63, 3.8) is 0 Å². The molecule has 0 radical (unpaired) electrons. The zero-order valence-electron chi connectivity index (χ0n) is 21.8. The highest BCUT2D eigenvalue weighted by atomic mass is 16.6. The van der Waals surface area contributed by atoms with Gasteiger partial charge in [-0.1, -0.05) is 18.2 Å². The number of amides is 2. The van der Waals surface area contributed by atoms with Crippen LogP contribution in [-0.2, 0) is 24.8 Å². The number of ether oxygens (including phenoxy) is 3. The molecule has 0 saturated carbocycles. The molecule has 1 aromatic heterocycles. The maximum atomic E-state index is 13.3. The molecule has 5 rings (SSSR count). The third-order valence-corrected chi connectivity index (χ3v) is 6.39. The maximum absolute atomic E-state index is 13.3. The van der Waals surface area contributed by atoms with Crippen LogP contribution in [-0.4, -0.2) is 51.8 Å². The molecule has 0 aliphatic carbocycles. The Bertz CT molecular complexity index is 1460. The van der Waals surface area contributed by atoms with E-state index in [0.29, 0.717) is 60.2 Å². The largest absolute Gasteiger partial charge is 0.486 e. The third kappa shape index (κ3) is 4.87. The van der Waals surface area contributed by atoms with Gasteiger partial charge in [-0.2, -0.15) is 5.26 Å². The van der Waals surface area contributed by atoms with Gasteiger partial charge in [0.05, 0.1) is 23.5 Å². The minimum absolute atomic E-state index is 0.203. The van der Waals surface area contributed by atoms with Crippen LogP contribution in [0.25, 0.3) is 11.1 Å². The van der Waals surface area contributed by atoms with Crippen LogP contribution in [0.1, 0.15) is 48.3 Å². The van der Waals surface area contributed by atoms with Crippen LogP contribution in [0.3, 0.4) is 0 Å². The van der Waals surface area contributed by atoms with Gasteiger partial charge < -0.3 is 29.0 Å². The summed E-state index contributed by atoms with van der Waals surface area (Å²) in [6, 6.07) is 13.0. The summed E-state index contributed by atoms with van der Waals surface area (Å²) in [5.41, 5.74) is 3.08. The Morgan fingerprint density at radius 1 is 1.13 bits per heavy atom. The molecule has 0 unspecified atom stereocenters. The number of hydrogen-bond donors (Lipinski definition) is 1. The van der Waals surface area contributed by atoms with Gasteiger partial charge in [-0.3, -0.25) is 4.79 Å². The Balaban J connectivity index is 1.38. The first-order valence-electron chi connectivity index (χ1n) is 12.4. The molecule has 0 atom stereocenters. The second kappa shape index (κ2) is 9.74. The van der Waals surface area contributed by atoms with E-state index in [4.69, 9.17) is 14.2 Å². The molecular weight excluding hydrogens is 486 g/mol. The Hall–Kier alpha value is -4.52. The molecule has 0 bridgehead atoms. The summed E-state index contributed by atoms with van der Waals surface area (Å²) in [4.78, 5) is 32.0. The van der Waals surface area contributed by atoms with Crippen LogP contribution in [0.4, 0.5) is 10.5 Å². The fourth-order valence-electron chi connectivity index (χ4n) is 4.62. The standard InChI is InChI=1S/C28H29N5O5/c1-28(2,3)38-27(35)33-11-10-22-21(16-33)30-25(32(22)4)26(34)31-20-7-5-6-18(19(20)15-29)17-8-9-23-24(14-17)37-13-12-36-23/h5-9,14H,10-13,16H2,1-4H3,(H,31,34). The predicted molar refractivity (Wildman–Crippen MR) is 139 cm³/mol. The van der Waals surface area contributed by atoms with Crippen molar-refractivity contribution in [2.45, 2.75) is 39.3 Å². The highest BCUT2D eigenvalue weighted by molar-refractivity contribution is 6.03. The molecule has 1 N–H and O–H groups in total. The number of imidazole rings is 1. The second-order valence-electron chi connectivity index (χ2n) is 10.2. The van der Waals surface area contributed by atoms with E-state index in [1.54, 1.807) is 28.6 Å². The highest BCUT2D eigenvalue weighted by Crippen LogP contribution is 2.37. The van der Waals surface area contributed by atoms with Crippen molar-refractivity contribution in [2.75, 3.05) is 25.1 Å². The molecule has 2 aromatic carbocycles. The van der Waals surface area contributed by atoms with Crippen LogP contribution in [0.2, 0.25) is 0 Å². The predicted octanol–water partition coefficient (Wildman–Crippen LogP) is 4.28. The van der Waals surface area contributed by atoms with Crippen LogP contribution < -0.4 is 14.8 Å². The van der Waals surface area contributed by atoms with Gasteiger partial charge >= 0.3 is 6.09 Å². The SMILES string of the molecule is Cn1c(C(=O)Nc2cccc(-c3ccc4c(c3)OCCO4)c2C#N)nc2c1CCN(C(=O)OC(C)(C)C)C2. The number of nitriles is 1. The second-order valence-corrected chi connectivity index (χ2v) is 10.2. The summed E-state index contributed by atoms with van der Waals surface area (Å²) >= 11 is 0. The highest BCUT2D eigenvalue weighted by Gasteiger charge is 2.30. The lowest BCUT2D eigenvalue weighted by molar-refractivity contribution is 0.0220. The molecule has 0 fully saturated rings. The van der Waals surface area contributed by atoms with Crippen LogP contribution in [0, 0.1) is 11.3 Å². The zero-order chi connectivity index (χ0) is 27.0. The van der Waals surface area contributed by atoms with Crippen molar-refractivity contribution in [3.8, 4) is 28.7 Å². The van der Waals surface area contributed by atoms with Gasteiger partial charge in [-0.15, -0.1) is 0 Å². The number of carbonyl (C=O) groups is 2. The fourth-order valence-corrected chi connectivity index (χ4v) is 4.62.